The number of nitrogens with zero attached hydrogens (tertiary/aromatic N) is 4. The van der Waals surface area contributed by atoms with Crippen molar-refractivity contribution >= 4 is 11.8 Å². The first-order chi connectivity index (χ1) is 12.1. The van der Waals surface area contributed by atoms with E-state index in [2.05, 4.69) is 16.0 Å². The van der Waals surface area contributed by atoms with Crippen LogP contribution in [0.4, 0.5) is 0 Å². The summed E-state index contributed by atoms with van der Waals surface area (Å²) in [6.07, 6.45) is 7.13. The zero-order valence-electron chi connectivity index (χ0n) is 15.1. The Labute approximate surface area is 149 Å². The molecule has 25 heavy (non-hydrogen) atoms. The highest BCUT2D eigenvalue weighted by Gasteiger charge is 2.26. The fraction of sp³-hybridized carbons (Fsp3) is 0.632. The largest absolute Gasteiger partial charge is 0.339 e. The molecule has 0 radical (unpaired) electrons. The van der Waals surface area contributed by atoms with Gasteiger partial charge in [0, 0.05) is 45.5 Å². The second-order valence-electron chi connectivity index (χ2n) is 7.17. The van der Waals surface area contributed by atoms with E-state index in [0.717, 1.165) is 32.4 Å². The van der Waals surface area contributed by atoms with Gasteiger partial charge in [-0.3, -0.25) is 19.5 Å². The first-order valence-corrected chi connectivity index (χ1v) is 9.26. The highest BCUT2D eigenvalue weighted by molar-refractivity contribution is 5.79. The Morgan fingerprint density at radius 3 is 2.36 bits per heavy atom. The summed E-state index contributed by atoms with van der Waals surface area (Å²) < 4.78 is 0. The predicted octanol–water partition coefficient (Wildman–Crippen LogP) is 1.03. The number of hydrogen-bond acceptors (Lipinski definition) is 4. The number of carbonyl (C=O) groups is 2. The standard InChI is InChI=1S/C19H28N4O2/c1-16(24)22-9-11-23(12-10-22)19(25)15-21-7-4-17(5-8-21)13-18-3-2-6-20-14-18/h2-3,6,14,17H,4-5,7-13,15H2,1H3. The van der Waals surface area contributed by atoms with Crippen LogP contribution in [0.2, 0.25) is 0 Å². The van der Waals surface area contributed by atoms with Crippen molar-refractivity contribution in [3.8, 4) is 0 Å². The van der Waals surface area contributed by atoms with Crippen molar-refractivity contribution in [2.24, 2.45) is 5.92 Å². The number of piperazine rings is 1. The Bertz CT molecular complexity index is 576. The third-order valence-electron chi connectivity index (χ3n) is 5.39. The number of piperidine rings is 1. The molecular weight excluding hydrogens is 316 g/mol. The quantitative estimate of drug-likeness (QED) is 0.819. The van der Waals surface area contributed by atoms with Gasteiger partial charge in [-0.1, -0.05) is 6.07 Å². The lowest BCUT2D eigenvalue weighted by Crippen LogP contribution is -2.52. The van der Waals surface area contributed by atoms with E-state index in [-0.39, 0.29) is 11.8 Å². The molecule has 0 N–H and O–H groups in total. The molecule has 6 heteroatoms. The van der Waals surface area contributed by atoms with E-state index in [0.29, 0.717) is 38.6 Å². The van der Waals surface area contributed by atoms with Crippen molar-refractivity contribution in [2.45, 2.75) is 26.2 Å². The maximum absolute atomic E-state index is 12.5. The average Bonchev–Trinajstić information content (AvgIpc) is 2.64. The van der Waals surface area contributed by atoms with Gasteiger partial charge < -0.3 is 9.80 Å². The minimum atomic E-state index is 0.0998. The van der Waals surface area contributed by atoms with Crippen LogP contribution < -0.4 is 0 Å². The predicted molar refractivity (Wildman–Crippen MR) is 95.9 cm³/mol. The molecule has 136 valence electrons. The highest BCUT2D eigenvalue weighted by atomic mass is 16.2. The van der Waals surface area contributed by atoms with Crippen molar-refractivity contribution in [3.63, 3.8) is 0 Å². The van der Waals surface area contributed by atoms with Crippen LogP contribution in [0.15, 0.2) is 24.5 Å². The molecule has 0 aromatic carbocycles. The van der Waals surface area contributed by atoms with E-state index < -0.39 is 0 Å². The van der Waals surface area contributed by atoms with Gasteiger partial charge in [0.15, 0.2) is 0 Å². The van der Waals surface area contributed by atoms with Gasteiger partial charge in [-0.15, -0.1) is 0 Å². The summed E-state index contributed by atoms with van der Waals surface area (Å²) in [5.41, 5.74) is 1.31. The molecule has 0 unspecified atom stereocenters. The van der Waals surface area contributed by atoms with Gasteiger partial charge in [0.05, 0.1) is 6.54 Å². The Hall–Kier alpha value is -1.95. The van der Waals surface area contributed by atoms with Crippen molar-refractivity contribution in [2.75, 3.05) is 45.8 Å². The monoisotopic (exact) mass is 344 g/mol. The van der Waals surface area contributed by atoms with Crippen LogP contribution in [-0.4, -0.2) is 77.3 Å². The molecule has 1 aromatic rings. The molecule has 0 bridgehead atoms. The van der Waals surface area contributed by atoms with Gasteiger partial charge >= 0.3 is 0 Å². The van der Waals surface area contributed by atoms with Gasteiger partial charge in [0.2, 0.25) is 11.8 Å². The number of aromatic nitrogens is 1. The second kappa shape index (κ2) is 8.43. The molecule has 2 aliphatic rings. The molecule has 2 aliphatic heterocycles. The smallest absolute Gasteiger partial charge is 0.236 e. The van der Waals surface area contributed by atoms with Crippen LogP contribution in [-0.2, 0) is 16.0 Å². The summed E-state index contributed by atoms with van der Waals surface area (Å²) in [5, 5.41) is 0. The molecule has 0 spiro atoms. The van der Waals surface area contributed by atoms with E-state index in [1.807, 2.05) is 28.3 Å². The zero-order valence-corrected chi connectivity index (χ0v) is 15.1. The lowest BCUT2D eigenvalue weighted by molar-refractivity contribution is -0.139. The van der Waals surface area contributed by atoms with Crippen molar-refractivity contribution in [1.82, 2.24) is 19.7 Å². The average molecular weight is 344 g/mol. The molecule has 0 aliphatic carbocycles. The Morgan fingerprint density at radius 2 is 1.76 bits per heavy atom. The zero-order chi connectivity index (χ0) is 17.6. The summed E-state index contributed by atoms with van der Waals surface area (Å²) in [5.74, 6) is 0.992. The van der Waals surface area contributed by atoms with E-state index in [4.69, 9.17) is 0 Å². The molecule has 2 saturated heterocycles. The minimum Gasteiger partial charge on any atom is -0.339 e. The SMILES string of the molecule is CC(=O)N1CCN(C(=O)CN2CCC(Cc3cccnc3)CC2)CC1. The second-order valence-corrected chi connectivity index (χ2v) is 7.17. The van der Waals surface area contributed by atoms with Crippen LogP contribution in [0, 0.1) is 5.92 Å². The van der Waals surface area contributed by atoms with Crippen LogP contribution in [0.1, 0.15) is 25.3 Å². The summed E-state index contributed by atoms with van der Waals surface area (Å²) >= 11 is 0. The molecule has 2 fully saturated rings. The van der Waals surface area contributed by atoms with Crippen LogP contribution in [0.5, 0.6) is 0 Å². The normalized spacial score (nSPS) is 19.9. The molecule has 6 nitrogen and oxygen atoms in total. The number of likely N-dealkylation sites (tertiary alicyclic amines) is 1. The van der Waals surface area contributed by atoms with Crippen LogP contribution in [0.25, 0.3) is 0 Å². The van der Waals surface area contributed by atoms with Gasteiger partial charge in [-0.25, -0.2) is 0 Å². The summed E-state index contributed by atoms with van der Waals surface area (Å²) in [4.78, 5) is 34.0. The molecule has 1 aromatic heterocycles. The number of carbonyl (C=O) groups excluding carboxylic acids is 2. The first-order valence-electron chi connectivity index (χ1n) is 9.26. The van der Waals surface area contributed by atoms with E-state index in [9.17, 15) is 9.59 Å². The topological polar surface area (TPSA) is 56.8 Å². The van der Waals surface area contributed by atoms with E-state index >= 15 is 0 Å². The lowest BCUT2D eigenvalue weighted by atomic mass is 9.91. The van der Waals surface area contributed by atoms with Gasteiger partial charge in [-0.05, 0) is 49.9 Å². The number of pyridine rings is 1. The van der Waals surface area contributed by atoms with E-state index in [1.54, 1.807) is 6.92 Å². The molecule has 3 heterocycles. The number of rotatable bonds is 4. The maximum Gasteiger partial charge on any atom is 0.236 e. The molecule has 2 amide bonds. The van der Waals surface area contributed by atoms with Crippen molar-refractivity contribution in [1.29, 1.82) is 0 Å². The number of hydrogen-bond donors (Lipinski definition) is 0. The van der Waals surface area contributed by atoms with Crippen molar-refractivity contribution < 1.29 is 9.59 Å². The molecule has 0 saturated carbocycles. The van der Waals surface area contributed by atoms with Crippen LogP contribution in [0.3, 0.4) is 0 Å². The minimum absolute atomic E-state index is 0.0998. The fourth-order valence-corrected chi connectivity index (χ4v) is 3.76. The summed E-state index contributed by atoms with van der Waals surface area (Å²) in [6.45, 7) is 6.73. The molecule has 0 atom stereocenters. The number of amides is 2. The highest BCUT2D eigenvalue weighted by Crippen LogP contribution is 2.21. The van der Waals surface area contributed by atoms with Crippen LogP contribution >= 0.6 is 0 Å². The first kappa shape index (κ1) is 17.9. The lowest BCUT2D eigenvalue weighted by Gasteiger charge is -2.37. The third-order valence-corrected chi connectivity index (χ3v) is 5.39. The van der Waals surface area contributed by atoms with E-state index in [1.165, 1.54) is 5.56 Å². The Kier molecular flexibility index (Phi) is 6.02. The maximum atomic E-state index is 12.5. The molecular formula is C19H28N4O2. The third kappa shape index (κ3) is 5.01. The van der Waals surface area contributed by atoms with Gasteiger partial charge in [0.25, 0.3) is 0 Å². The van der Waals surface area contributed by atoms with Crippen molar-refractivity contribution in [3.05, 3.63) is 30.1 Å². The molecule has 3 rings (SSSR count). The Morgan fingerprint density at radius 1 is 1.08 bits per heavy atom. The Balaban J connectivity index is 1.39. The summed E-state index contributed by atoms with van der Waals surface area (Å²) in [6, 6.07) is 4.14. The fourth-order valence-electron chi connectivity index (χ4n) is 3.76. The van der Waals surface area contributed by atoms with Gasteiger partial charge in [0.1, 0.15) is 0 Å². The summed E-state index contributed by atoms with van der Waals surface area (Å²) in [7, 11) is 0. The van der Waals surface area contributed by atoms with Gasteiger partial charge in [-0.2, -0.15) is 0 Å².